The van der Waals surface area contributed by atoms with Crippen molar-refractivity contribution in [2.45, 2.75) is 6.42 Å². The predicted molar refractivity (Wildman–Crippen MR) is 115 cm³/mol. The smallest absolute Gasteiger partial charge is 0.267 e. The molecule has 156 valence electrons. The molecule has 4 rings (SSSR count). The first-order valence-electron chi connectivity index (χ1n) is 9.67. The van der Waals surface area contributed by atoms with Gasteiger partial charge in [0.25, 0.3) is 5.91 Å². The highest BCUT2D eigenvalue weighted by Gasteiger charge is 2.13. The Kier molecular flexibility index (Phi) is 6.08. The SMILES string of the molecule is O=C(C=Cc1ccco1)NC(=Cc1ccco1)C(=O)NCCc1nc2ccccc2[nH]1. The van der Waals surface area contributed by atoms with Crippen LogP contribution < -0.4 is 10.6 Å². The van der Waals surface area contributed by atoms with Crippen molar-refractivity contribution >= 4 is 35.0 Å². The van der Waals surface area contributed by atoms with E-state index in [-0.39, 0.29) is 5.70 Å². The Morgan fingerprint density at radius 1 is 1.00 bits per heavy atom. The summed E-state index contributed by atoms with van der Waals surface area (Å²) in [6, 6.07) is 14.5. The molecule has 3 heterocycles. The molecule has 3 N–H and O–H groups in total. The first-order chi connectivity index (χ1) is 15.2. The zero-order valence-electron chi connectivity index (χ0n) is 16.5. The van der Waals surface area contributed by atoms with Crippen LogP contribution in [0.15, 0.2) is 81.7 Å². The van der Waals surface area contributed by atoms with Crippen molar-refractivity contribution in [1.82, 2.24) is 20.6 Å². The lowest BCUT2D eigenvalue weighted by molar-refractivity contribution is -0.121. The molecule has 8 nitrogen and oxygen atoms in total. The van der Waals surface area contributed by atoms with Gasteiger partial charge in [-0.3, -0.25) is 9.59 Å². The second-order valence-corrected chi connectivity index (χ2v) is 6.62. The number of hydrogen-bond donors (Lipinski definition) is 3. The zero-order chi connectivity index (χ0) is 21.5. The van der Waals surface area contributed by atoms with E-state index in [1.807, 2.05) is 24.3 Å². The molecule has 8 heteroatoms. The van der Waals surface area contributed by atoms with E-state index in [0.29, 0.717) is 24.5 Å². The molecule has 3 aromatic heterocycles. The minimum atomic E-state index is -0.471. The monoisotopic (exact) mass is 416 g/mol. The van der Waals surface area contributed by atoms with Crippen molar-refractivity contribution in [3.63, 3.8) is 0 Å². The van der Waals surface area contributed by atoms with Crippen LogP contribution in [0.5, 0.6) is 0 Å². The summed E-state index contributed by atoms with van der Waals surface area (Å²) >= 11 is 0. The van der Waals surface area contributed by atoms with Gasteiger partial charge in [0.05, 0.1) is 23.6 Å². The number of aromatic nitrogens is 2. The molecule has 0 atom stereocenters. The molecule has 0 bridgehead atoms. The molecule has 2 amide bonds. The molecular weight excluding hydrogens is 396 g/mol. The van der Waals surface area contributed by atoms with Gasteiger partial charge < -0.3 is 24.5 Å². The summed E-state index contributed by atoms with van der Waals surface area (Å²) in [4.78, 5) is 32.7. The number of carbonyl (C=O) groups is 2. The third-order valence-corrected chi connectivity index (χ3v) is 4.36. The zero-order valence-corrected chi connectivity index (χ0v) is 16.5. The lowest BCUT2D eigenvalue weighted by atomic mass is 10.3. The summed E-state index contributed by atoms with van der Waals surface area (Å²) < 4.78 is 10.4. The number of aromatic amines is 1. The van der Waals surface area contributed by atoms with Gasteiger partial charge in [-0.1, -0.05) is 12.1 Å². The number of imidazole rings is 1. The fourth-order valence-corrected chi connectivity index (χ4v) is 2.91. The number of rotatable bonds is 8. The van der Waals surface area contributed by atoms with Crippen molar-refractivity contribution in [3.05, 3.63) is 90.2 Å². The van der Waals surface area contributed by atoms with E-state index in [1.165, 1.54) is 30.8 Å². The third kappa shape index (κ3) is 5.39. The van der Waals surface area contributed by atoms with Crippen LogP contribution in [0.2, 0.25) is 0 Å². The summed E-state index contributed by atoms with van der Waals surface area (Å²) in [5.41, 5.74) is 1.88. The number of nitrogens with one attached hydrogen (secondary N) is 3. The van der Waals surface area contributed by atoms with Gasteiger partial charge in [0, 0.05) is 25.1 Å². The topological polar surface area (TPSA) is 113 Å². The third-order valence-electron chi connectivity index (χ3n) is 4.36. The van der Waals surface area contributed by atoms with Crippen LogP contribution in [0.25, 0.3) is 23.2 Å². The summed E-state index contributed by atoms with van der Waals surface area (Å²) in [5.74, 6) is 0.831. The first-order valence-corrected chi connectivity index (χ1v) is 9.67. The van der Waals surface area contributed by atoms with Gasteiger partial charge in [-0.25, -0.2) is 4.98 Å². The highest BCUT2D eigenvalue weighted by molar-refractivity contribution is 6.04. The molecule has 0 aliphatic rings. The molecule has 0 aliphatic carbocycles. The molecule has 0 unspecified atom stereocenters. The summed E-state index contributed by atoms with van der Waals surface area (Å²) in [6.45, 7) is 0.340. The van der Waals surface area contributed by atoms with E-state index in [9.17, 15) is 9.59 Å². The predicted octanol–water partition coefficient (Wildman–Crippen LogP) is 3.28. The van der Waals surface area contributed by atoms with E-state index < -0.39 is 11.8 Å². The van der Waals surface area contributed by atoms with E-state index in [4.69, 9.17) is 8.83 Å². The van der Waals surface area contributed by atoms with Crippen LogP contribution in [-0.2, 0) is 16.0 Å². The largest absolute Gasteiger partial charge is 0.465 e. The number of hydrogen-bond acceptors (Lipinski definition) is 5. The fourth-order valence-electron chi connectivity index (χ4n) is 2.91. The number of nitrogens with zero attached hydrogens (tertiary/aromatic N) is 1. The first kappa shape index (κ1) is 20.0. The Labute approximate surface area is 177 Å². The van der Waals surface area contributed by atoms with Crippen LogP contribution in [0.4, 0.5) is 0 Å². The van der Waals surface area contributed by atoms with Crippen molar-refractivity contribution in [2.75, 3.05) is 6.54 Å². The molecular formula is C23H20N4O4. The Hall–Kier alpha value is -4.33. The quantitative estimate of drug-likeness (QED) is 0.382. The molecule has 4 aromatic rings. The molecule has 0 radical (unpaired) electrons. The second kappa shape index (κ2) is 9.45. The van der Waals surface area contributed by atoms with Gasteiger partial charge in [0.2, 0.25) is 5.91 Å². The maximum absolute atomic E-state index is 12.7. The van der Waals surface area contributed by atoms with Gasteiger partial charge in [-0.05, 0) is 42.5 Å². The van der Waals surface area contributed by atoms with Crippen molar-refractivity contribution in [3.8, 4) is 0 Å². The van der Waals surface area contributed by atoms with Gasteiger partial charge in [-0.2, -0.15) is 0 Å². The summed E-state index contributed by atoms with van der Waals surface area (Å²) in [7, 11) is 0. The second-order valence-electron chi connectivity index (χ2n) is 6.62. The average molecular weight is 416 g/mol. The Morgan fingerprint density at radius 3 is 2.52 bits per heavy atom. The fraction of sp³-hybridized carbons (Fsp3) is 0.0870. The summed E-state index contributed by atoms with van der Waals surface area (Å²) in [5, 5.41) is 5.38. The molecule has 31 heavy (non-hydrogen) atoms. The Morgan fingerprint density at radius 2 is 1.77 bits per heavy atom. The minimum Gasteiger partial charge on any atom is -0.465 e. The van der Waals surface area contributed by atoms with Crippen molar-refractivity contribution < 1.29 is 18.4 Å². The van der Waals surface area contributed by atoms with Crippen LogP contribution in [-0.4, -0.2) is 28.3 Å². The highest BCUT2D eigenvalue weighted by atomic mass is 16.3. The minimum absolute atomic E-state index is 0.0636. The summed E-state index contributed by atoms with van der Waals surface area (Å²) in [6.07, 6.45) is 7.78. The normalized spacial score (nSPS) is 11.8. The number of amides is 2. The van der Waals surface area contributed by atoms with E-state index in [1.54, 1.807) is 24.3 Å². The van der Waals surface area contributed by atoms with Crippen LogP contribution in [0.1, 0.15) is 17.3 Å². The number of H-pyrrole nitrogens is 1. The average Bonchev–Trinajstić information content (AvgIpc) is 3.53. The number of benzene rings is 1. The molecule has 0 fully saturated rings. The maximum Gasteiger partial charge on any atom is 0.267 e. The van der Waals surface area contributed by atoms with Crippen LogP contribution in [0, 0.1) is 0 Å². The number of para-hydroxylation sites is 2. The maximum atomic E-state index is 12.7. The van der Waals surface area contributed by atoms with Gasteiger partial charge in [0.1, 0.15) is 23.0 Å². The van der Waals surface area contributed by atoms with Crippen molar-refractivity contribution in [1.29, 1.82) is 0 Å². The standard InChI is InChI=1S/C23H20N4O4/c28-22(10-9-16-5-3-13-30-16)27-20(15-17-6-4-14-31-17)23(29)24-12-11-21-25-18-7-1-2-8-19(18)26-21/h1-10,13-15H,11-12H2,(H,24,29)(H,25,26)(H,27,28). The highest BCUT2D eigenvalue weighted by Crippen LogP contribution is 2.11. The molecule has 0 saturated carbocycles. The molecule has 0 spiro atoms. The lowest BCUT2D eigenvalue weighted by Crippen LogP contribution is -2.35. The van der Waals surface area contributed by atoms with Gasteiger partial charge >= 0.3 is 0 Å². The van der Waals surface area contributed by atoms with Crippen molar-refractivity contribution in [2.24, 2.45) is 0 Å². The molecule has 0 saturated heterocycles. The van der Waals surface area contributed by atoms with E-state index >= 15 is 0 Å². The number of fused-ring (bicyclic) bond motifs is 1. The molecule has 0 aliphatic heterocycles. The lowest BCUT2D eigenvalue weighted by Gasteiger charge is -2.09. The van der Waals surface area contributed by atoms with Crippen LogP contribution in [0.3, 0.4) is 0 Å². The molecule has 1 aromatic carbocycles. The Balaban J connectivity index is 1.39. The van der Waals surface area contributed by atoms with Gasteiger partial charge in [0.15, 0.2) is 0 Å². The number of furan rings is 2. The Bertz CT molecular complexity index is 1180. The van der Waals surface area contributed by atoms with E-state index in [0.717, 1.165) is 16.9 Å². The van der Waals surface area contributed by atoms with E-state index in [2.05, 4.69) is 20.6 Å². The van der Waals surface area contributed by atoms with Gasteiger partial charge in [-0.15, -0.1) is 0 Å². The number of carbonyl (C=O) groups excluding carboxylic acids is 2. The van der Waals surface area contributed by atoms with Crippen LogP contribution >= 0.6 is 0 Å².